The van der Waals surface area contributed by atoms with Crippen LogP contribution < -0.4 is 9.47 Å². The highest BCUT2D eigenvalue weighted by Crippen LogP contribution is 2.42. The summed E-state index contributed by atoms with van der Waals surface area (Å²) in [6, 6.07) is 12.1. The van der Waals surface area contributed by atoms with Crippen molar-refractivity contribution < 1.29 is 18.7 Å². The largest absolute Gasteiger partial charge is 0.493 e. The Hall–Kier alpha value is -2.60. The minimum atomic E-state index is 0.267. The molecule has 4 rings (SSSR count). The molecule has 164 valence electrons. The number of furan rings is 1. The molecule has 0 N–H and O–H groups in total. The SMILES string of the molecule is COc1ccc(-c2oc3ccc(CCC(=O)N4CCCCC4)cc3c2SC)cc1OC. The molecule has 1 aliphatic heterocycles. The smallest absolute Gasteiger partial charge is 0.222 e. The number of fused-ring (bicyclic) bond motifs is 1. The van der Waals surface area contributed by atoms with Crippen molar-refractivity contribution >= 4 is 28.6 Å². The van der Waals surface area contributed by atoms with Gasteiger partial charge in [-0.1, -0.05) is 6.07 Å². The fourth-order valence-electron chi connectivity index (χ4n) is 4.20. The summed E-state index contributed by atoms with van der Waals surface area (Å²) in [5.41, 5.74) is 2.95. The molecule has 0 atom stereocenters. The van der Waals surface area contributed by atoms with Crippen LogP contribution in [0.15, 0.2) is 45.7 Å². The number of methoxy groups -OCH3 is 2. The van der Waals surface area contributed by atoms with E-state index in [1.807, 2.05) is 29.2 Å². The Balaban J connectivity index is 1.59. The molecule has 2 aromatic carbocycles. The highest BCUT2D eigenvalue weighted by molar-refractivity contribution is 7.99. The Morgan fingerprint density at radius 3 is 2.52 bits per heavy atom. The van der Waals surface area contributed by atoms with Gasteiger partial charge in [-0.05, 0) is 67.8 Å². The first-order chi connectivity index (χ1) is 15.1. The summed E-state index contributed by atoms with van der Waals surface area (Å²) in [5.74, 6) is 2.45. The van der Waals surface area contributed by atoms with Crippen molar-refractivity contribution in [2.45, 2.75) is 37.0 Å². The maximum Gasteiger partial charge on any atom is 0.222 e. The third kappa shape index (κ3) is 4.54. The van der Waals surface area contributed by atoms with Crippen LogP contribution in [0.25, 0.3) is 22.3 Å². The zero-order chi connectivity index (χ0) is 21.8. The Kier molecular flexibility index (Phi) is 6.76. The van der Waals surface area contributed by atoms with E-state index in [2.05, 4.69) is 18.4 Å². The predicted molar refractivity (Wildman–Crippen MR) is 125 cm³/mol. The van der Waals surface area contributed by atoms with Crippen LogP contribution in [0, 0.1) is 0 Å². The van der Waals surface area contributed by atoms with E-state index in [1.165, 1.54) is 6.42 Å². The predicted octanol–water partition coefficient (Wildman–Crippen LogP) is 5.78. The third-order valence-corrected chi connectivity index (χ3v) is 6.71. The van der Waals surface area contributed by atoms with Crippen LogP contribution in [-0.4, -0.2) is 44.4 Å². The van der Waals surface area contributed by atoms with Crippen LogP contribution in [0.5, 0.6) is 11.5 Å². The van der Waals surface area contributed by atoms with E-state index in [4.69, 9.17) is 13.9 Å². The highest BCUT2D eigenvalue weighted by Gasteiger charge is 2.19. The fourth-order valence-corrected chi connectivity index (χ4v) is 4.92. The molecular weight excluding hydrogens is 410 g/mol. The summed E-state index contributed by atoms with van der Waals surface area (Å²) in [7, 11) is 3.26. The maximum absolute atomic E-state index is 12.5. The topological polar surface area (TPSA) is 51.9 Å². The summed E-state index contributed by atoms with van der Waals surface area (Å²) in [4.78, 5) is 15.6. The van der Waals surface area contributed by atoms with E-state index in [0.29, 0.717) is 17.9 Å². The molecule has 6 heteroatoms. The van der Waals surface area contributed by atoms with Crippen LogP contribution in [0.2, 0.25) is 0 Å². The van der Waals surface area contributed by atoms with Crippen molar-refractivity contribution in [3.05, 3.63) is 42.0 Å². The second kappa shape index (κ2) is 9.69. The van der Waals surface area contributed by atoms with Crippen LogP contribution in [0.4, 0.5) is 0 Å². The summed E-state index contributed by atoms with van der Waals surface area (Å²) in [5, 5.41) is 1.08. The van der Waals surface area contributed by atoms with Crippen LogP contribution >= 0.6 is 11.8 Å². The van der Waals surface area contributed by atoms with Gasteiger partial charge in [0.25, 0.3) is 0 Å². The molecule has 1 aromatic heterocycles. The van der Waals surface area contributed by atoms with Crippen molar-refractivity contribution in [2.24, 2.45) is 0 Å². The number of aryl methyl sites for hydroxylation is 1. The summed E-state index contributed by atoms with van der Waals surface area (Å²) in [6.07, 6.45) is 6.85. The lowest BCUT2D eigenvalue weighted by Crippen LogP contribution is -2.35. The lowest BCUT2D eigenvalue weighted by molar-refractivity contribution is -0.132. The van der Waals surface area contributed by atoms with Gasteiger partial charge in [0.15, 0.2) is 11.5 Å². The van der Waals surface area contributed by atoms with Crippen LogP contribution in [0.1, 0.15) is 31.2 Å². The zero-order valence-corrected chi connectivity index (χ0v) is 19.2. The summed E-state index contributed by atoms with van der Waals surface area (Å²) < 4.78 is 17.0. The normalized spacial score (nSPS) is 14.1. The number of carbonyl (C=O) groups excluding carboxylic acids is 1. The monoisotopic (exact) mass is 439 g/mol. The second-order valence-electron chi connectivity index (χ2n) is 7.81. The number of nitrogens with zero attached hydrogens (tertiary/aromatic N) is 1. The quantitative estimate of drug-likeness (QED) is 0.437. The van der Waals surface area contributed by atoms with Gasteiger partial charge in [-0.25, -0.2) is 0 Å². The van der Waals surface area contributed by atoms with Gasteiger partial charge in [0.1, 0.15) is 11.3 Å². The van der Waals surface area contributed by atoms with E-state index in [0.717, 1.165) is 65.1 Å². The number of ether oxygens (including phenoxy) is 2. The van der Waals surface area contributed by atoms with E-state index in [9.17, 15) is 4.79 Å². The number of carbonyl (C=O) groups is 1. The van der Waals surface area contributed by atoms with Crippen molar-refractivity contribution in [2.75, 3.05) is 33.6 Å². The number of likely N-dealkylation sites (tertiary alicyclic amines) is 1. The Bertz CT molecular complexity index is 1070. The minimum Gasteiger partial charge on any atom is -0.493 e. The molecule has 1 saturated heterocycles. The molecule has 5 nitrogen and oxygen atoms in total. The molecule has 0 bridgehead atoms. The van der Waals surface area contributed by atoms with E-state index < -0.39 is 0 Å². The van der Waals surface area contributed by atoms with Crippen molar-refractivity contribution in [3.8, 4) is 22.8 Å². The molecule has 0 radical (unpaired) electrons. The van der Waals surface area contributed by atoms with Crippen LogP contribution in [0.3, 0.4) is 0 Å². The number of piperidine rings is 1. The van der Waals surface area contributed by atoms with E-state index in [-0.39, 0.29) is 5.91 Å². The van der Waals surface area contributed by atoms with Crippen molar-refractivity contribution in [1.82, 2.24) is 4.90 Å². The van der Waals surface area contributed by atoms with Gasteiger partial charge in [-0.3, -0.25) is 4.79 Å². The number of rotatable bonds is 7. The van der Waals surface area contributed by atoms with Crippen LogP contribution in [-0.2, 0) is 11.2 Å². The van der Waals surface area contributed by atoms with E-state index in [1.54, 1.807) is 26.0 Å². The first-order valence-corrected chi connectivity index (χ1v) is 12.0. The van der Waals surface area contributed by atoms with Gasteiger partial charge in [-0.2, -0.15) is 0 Å². The molecule has 1 amide bonds. The van der Waals surface area contributed by atoms with Gasteiger partial charge in [0, 0.05) is 30.5 Å². The number of hydrogen-bond acceptors (Lipinski definition) is 5. The Labute approximate surface area is 187 Å². The third-order valence-electron chi connectivity index (χ3n) is 5.89. The average Bonchev–Trinajstić information content (AvgIpc) is 3.20. The molecular formula is C25H29NO4S. The lowest BCUT2D eigenvalue weighted by atomic mass is 10.1. The second-order valence-corrected chi connectivity index (χ2v) is 8.62. The molecule has 2 heterocycles. The van der Waals surface area contributed by atoms with Gasteiger partial charge in [0.2, 0.25) is 5.91 Å². The molecule has 31 heavy (non-hydrogen) atoms. The molecule has 0 spiro atoms. The first-order valence-electron chi connectivity index (χ1n) is 10.7. The van der Waals surface area contributed by atoms with Crippen molar-refractivity contribution in [1.29, 1.82) is 0 Å². The standard InChI is InChI=1S/C25H29NO4S/c1-28-21-11-9-18(16-22(21)29-2)24-25(31-3)19-15-17(7-10-20(19)30-24)8-12-23(27)26-13-5-4-6-14-26/h7,9-11,15-16H,4-6,8,12-14H2,1-3H3. The molecule has 3 aromatic rings. The van der Waals surface area contributed by atoms with Gasteiger partial charge < -0.3 is 18.8 Å². The Morgan fingerprint density at radius 1 is 1.03 bits per heavy atom. The lowest BCUT2D eigenvalue weighted by Gasteiger charge is -2.26. The molecule has 1 fully saturated rings. The van der Waals surface area contributed by atoms with E-state index >= 15 is 0 Å². The molecule has 1 aliphatic rings. The maximum atomic E-state index is 12.5. The van der Waals surface area contributed by atoms with Gasteiger partial charge >= 0.3 is 0 Å². The summed E-state index contributed by atoms with van der Waals surface area (Å²) in [6.45, 7) is 1.82. The summed E-state index contributed by atoms with van der Waals surface area (Å²) >= 11 is 1.66. The van der Waals surface area contributed by atoms with Crippen molar-refractivity contribution in [3.63, 3.8) is 0 Å². The fraction of sp³-hybridized carbons (Fsp3) is 0.400. The minimum absolute atomic E-state index is 0.267. The average molecular weight is 440 g/mol. The highest BCUT2D eigenvalue weighted by atomic mass is 32.2. The molecule has 0 unspecified atom stereocenters. The number of hydrogen-bond donors (Lipinski definition) is 0. The number of thioether (sulfide) groups is 1. The number of amides is 1. The van der Waals surface area contributed by atoms with Gasteiger partial charge in [-0.15, -0.1) is 11.8 Å². The first kappa shape index (κ1) is 21.6. The Morgan fingerprint density at radius 2 is 1.81 bits per heavy atom. The molecule has 0 saturated carbocycles. The number of benzene rings is 2. The molecule has 0 aliphatic carbocycles. The zero-order valence-electron chi connectivity index (χ0n) is 18.4. The van der Waals surface area contributed by atoms with Gasteiger partial charge in [0.05, 0.1) is 19.1 Å².